The van der Waals surface area contributed by atoms with Crippen LogP contribution >= 0.6 is 0 Å². The second-order valence-corrected chi connectivity index (χ2v) is 6.23. The number of aromatic carboxylic acids is 1. The Morgan fingerprint density at radius 3 is 2.54 bits per heavy atom. The van der Waals surface area contributed by atoms with Gasteiger partial charge in [0.05, 0.1) is 5.56 Å². The van der Waals surface area contributed by atoms with Crippen LogP contribution in [0.15, 0.2) is 57.7 Å². The van der Waals surface area contributed by atoms with Crippen molar-refractivity contribution in [3.63, 3.8) is 0 Å². The minimum Gasteiger partial charge on any atom is -0.488 e. The van der Waals surface area contributed by atoms with Crippen molar-refractivity contribution >= 4 is 16.9 Å². The van der Waals surface area contributed by atoms with E-state index >= 15 is 0 Å². The minimum atomic E-state index is -1.31. The summed E-state index contributed by atoms with van der Waals surface area (Å²) in [6.45, 7) is 0.862. The molecule has 0 aliphatic carbocycles. The van der Waals surface area contributed by atoms with E-state index < -0.39 is 11.6 Å². The van der Waals surface area contributed by atoms with Gasteiger partial charge >= 0.3 is 11.6 Å². The van der Waals surface area contributed by atoms with E-state index in [-0.39, 0.29) is 5.56 Å². The van der Waals surface area contributed by atoms with Gasteiger partial charge in [-0.25, -0.2) is 9.59 Å². The summed E-state index contributed by atoms with van der Waals surface area (Å²) in [5.74, 6) is -0.708. The van der Waals surface area contributed by atoms with Gasteiger partial charge in [-0.3, -0.25) is 0 Å². The molecule has 3 aromatic rings. The average Bonchev–Trinajstić information content (AvgIpc) is 2.61. The predicted molar refractivity (Wildman–Crippen MR) is 97.6 cm³/mol. The van der Waals surface area contributed by atoms with E-state index in [9.17, 15) is 9.59 Å². The quantitative estimate of drug-likeness (QED) is 0.686. The summed E-state index contributed by atoms with van der Waals surface area (Å²) in [5, 5.41) is 9.66. The SMILES string of the molecule is CN(C)Cc1c(OCc2ccccc2)ccc2cc(C(=O)O)c(=O)oc12. The molecule has 134 valence electrons. The van der Waals surface area contributed by atoms with Crippen LogP contribution < -0.4 is 10.4 Å². The molecule has 1 N–H and O–H groups in total. The molecule has 0 amide bonds. The fraction of sp³-hybridized carbons (Fsp3) is 0.200. The van der Waals surface area contributed by atoms with Crippen molar-refractivity contribution in [2.24, 2.45) is 0 Å². The van der Waals surface area contributed by atoms with E-state index in [4.69, 9.17) is 14.3 Å². The molecule has 0 aliphatic rings. The number of rotatable bonds is 6. The van der Waals surface area contributed by atoms with Crippen LogP contribution in [-0.2, 0) is 13.2 Å². The van der Waals surface area contributed by atoms with Gasteiger partial charge in [0.1, 0.15) is 23.5 Å². The maximum atomic E-state index is 12.0. The Morgan fingerprint density at radius 2 is 1.88 bits per heavy atom. The van der Waals surface area contributed by atoms with Gasteiger partial charge < -0.3 is 19.2 Å². The highest BCUT2D eigenvalue weighted by Gasteiger charge is 2.17. The summed E-state index contributed by atoms with van der Waals surface area (Å²) in [6.07, 6.45) is 0. The molecule has 6 heteroatoms. The first-order chi connectivity index (χ1) is 12.5. The Kier molecular flexibility index (Phi) is 5.04. The topological polar surface area (TPSA) is 80.0 Å². The number of carboxylic acid groups (broad SMARTS) is 1. The number of fused-ring (bicyclic) bond motifs is 1. The summed E-state index contributed by atoms with van der Waals surface area (Å²) in [6, 6.07) is 14.5. The lowest BCUT2D eigenvalue weighted by Gasteiger charge is -2.16. The van der Waals surface area contributed by atoms with E-state index in [1.807, 2.05) is 49.3 Å². The predicted octanol–water partition coefficient (Wildman–Crippen LogP) is 3.13. The Balaban J connectivity index is 2.06. The fourth-order valence-corrected chi connectivity index (χ4v) is 2.71. The van der Waals surface area contributed by atoms with Crippen LogP contribution in [0.2, 0.25) is 0 Å². The van der Waals surface area contributed by atoms with Crippen molar-refractivity contribution in [3.8, 4) is 5.75 Å². The van der Waals surface area contributed by atoms with Crippen LogP contribution in [-0.4, -0.2) is 30.1 Å². The van der Waals surface area contributed by atoms with Crippen LogP contribution in [0.3, 0.4) is 0 Å². The molecule has 1 heterocycles. The fourth-order valence-electron chi connectivity index (χ4n) is 2.71. The molecule has 0 saturated heterocycles. The van der Waals surface area contributed by atoms with Crippen LogP contribution in [0.25, 0.3) is 11.0 Å². The summed E-state index contributed by atoms with van der Waals surface area (Å²) < 4.78 is 11.3. The Hall–Kier alpha value is -3.12. The van der Waals surface area contributed by atoms with Gasteiger partial charge in [0.15, 0.2) is 0 Å². The largest absolute Gasteiger partial charge is 0.488 e. The molecule has 0 aliphatic heterocycles. The van der Waals surface area contributed by atoms with Crippen LogP contribution in [0, 0.1) is 0 Å². The van der Waals surface area contributed by atoms with Crippen LogP contribution in [0.5, 0.6) is 5.75 Å². The highest BCUT2D eigenvalue weighted by molar-refractivity contribution is 5.92. The molecule has 0 unspecified atom stereocenters. The first-order valence-electron chi connectivity index (χ1n) is 8.10. The van der Waals surface area contributed by atoms with E-state index in [0.29, 0.717) is 35.4 Å². The van der Waals surface area contributed by atoms with Gasteiger partial charge in [-0.2, -0.15) is 0 Å². The normalized spacial score (nSPS) is 11.0. The molecule has 0 saturated carbocycles. The van der Waals surface area contributed by atoms with Crippen molar-refractivity contribution in [2.75, 3.05) is 14.1 Å². The van der Waals surface area contributed by atoms with Gasteiger partial charge in [-0.1, -0.05) is 30.3 Å². The molecule has 6 nitrogen and oxygen atoms in total. The van der Waals surface area contributed by atoms with Gasteiger partial charge in [-0.15, -0.1) is 0 Å². The summed E-state index contributed by atoms with van der Waals surface area (Å²) >= 11 is 0. The molecule has 0 atom stereocenters. The molecule has 0 spiro atoms. The highest BCUT2D eigenvalue weighted by Crippen LogP contribution is 2.29. The molecule has 3 rings (SSSR count). The lowest BCUT2D eigenvalue weighted by atomic mass is 10.1. The smallest absolute Gasteiger partial charge is 0.351 e. The zero-order valence-corrected chi connectivity index (χ0v) is 14.6. The number of carboxylic acids is 1. The molecule has 2 aromatic carbocycles. The molecule has 0 radical (unpaired) electrons. The first kappa shape index (κ1) is 17.7. The Morgan fingerprint density at radius 1 is 1.15 bits per heavy atom. The zero-order chi connectivity index (χ0) is 18.7. The van der Waals surface area contributed by atoms with Gasteiger partial charge in [-0.05, 0) is 37.9 Å². The second-order valence-electron chi connectivity index (χ2n) is 6.23. The molecular weight excluding hydrogens is 334 g/mol. The molecule has 1 aromatic heterocycles. The van der Waals surface area contributed by atoms with Gasteiger partial charge in [0.2, 0.25) is 0 Å². The number of benzene rings is 2. The summed E-state index contributed by atoms with van der Waals surface area (Å²) in [7, 11) is 3.78. The van der Waals surface area contributed by atoms with Crippen molar-refractivity contribution < 1.29 is 19.1 Å². The summed E-state index contributed by atoms with van der Waals surface area (Å²) in [5.41, 5.74) is 0.819. The van der Waals surface area contributed by atoms with Crippen molar-refractivity contribution in [1.82, 2.24) is 4.90 Å². The monoisotopic (exact) mass is 353 g/mol. The number of carbonyl (C=O) groups is 1. The molecule has 0 bridgehead atoms. The molecule has 26 heavy (non-hydrogen) atoms. The third kappa shape index (κ3) is 3.75. The third-order valence-electron chi connectivity index (χ3n) is 3.90. The van der Waals surface area contributed by atoms with Crippen molar-refractivity contribution in [3.05, 3.63) is 75.6 Å². The maximum Gasteiger partial charge on any atom is 0.351 e. The van der Waals surface area contributed by atoms with E-state index in [1.165, 1.54) is 6.07 Å². The number of ether oxygens (including phenoxy) is 1. The number of nitrogens with zero attached hydrogens (tertiary/aromatic N) is 1. The lowest BCUT2D eigenvalue weighted by Crippen LogP contribution is -2.16. The Labute approximate surface area is 150 Å². The van der Waals surface area contributed by atoms with E-state index in [0.717, 1.165) is 5.56 Å². The molecular formula is C20H19NO5. The summed E-state index contributed by atoms with van der Waals surface area (Å²) in [4.78, 5) is 25.1. The van der Waals surface area contributed by atoms with Crippen molar-refractivity contribution in [1.29, 1.82) is 0 Å². The number of hydrogen-bond donors (Lipinski definition) is 1. The minimum absolute atomic E-state index is 0.347. The van der Waals surface area contributed by atoms with Crippen LogP contribution in [0.1, 0.15) is 21.5 Å². The van der Waals surface area contributed by atoms with Gasteiger partial charge in [0.25, 0.3) is 0 Å². The van der Waals surface area contributed by atoms with Gasteiger partial charge in [0, 0.05) is 11.9 Å². The maximum absolute atomic E-state index is 12.0. The highest BCUT2D eigenvalue weighted by atomic mass is 16.5. The van der Waals surface area contributed by atoms with E-state index in [2.05, 4.69) is 0 Å². The Bertz CT molecular complexity index is 992. The van der Waals surface area contributed by atoms with Crippen LogP contribution in [0.4, 0.5) is 0 Å². The third-order valence-corrected chi connectivity index (χ3v) is 3.90. The lowest BCUT2D eigenvalue weighted by molar-refractivity contribution is 0.0692. The van der Waals surface area contributed by atoms with E-state index in [1.54, 1.807) is 12.1 Å². The zero-order valence-electron chi connectivity index (χ0n) is 14.6. The first-order valence-corrected chi connectivity index (χ1v) is 8.10. The number of hydrogen-bond acceptors (Lipinski definition) is 5. The molecule has 0 fully saturated rings. The second kappa shape index (κ2) is 7.41. The van der Waals surface area contributed by atoms with Crippen molar-refractivity contribution in [2.45, 2.75) is 13.2 Å². The standard InChI is InChI=1S/C20H19NO5/c1-21(2)11-16-17(25-12-13-6-4-3-5-7-13)9-8-14-10-15(19(22)23)20(24)26-18(14)16/h3-10H,11-12H2,1-2H3,(H,22,23). The average molecular weight is 353 g/mol.